The summed E-state index contributed by atoms with van der Waals surface area (Å²) >= 11 is 0. The number of carbonyl (C=O) groups excluding carboxylic acids is 3. The molecule has 0 bridgehead atoms. The minimum absolute atomic E-state index is 0.0260. The molecule has 1 amide bonds. The van der Waals surface area contributed by atoms with Crippen molar-refractivity contribution < 1.29 is 38.1 Å². The summed E-state index contributed by atoms with van der Waals surface area (Å²) in [5.41, 5.74) is -0.138. The predicted molar refractivity (Wildman–Crippen MR) is 126 cm³/mol. The van der Waals surface area contributed by atoms with Gasteiger partial charge < -0.3 is 29.0 Å². The van der Waals surface area contributed by atoms with E-state index in [1.807, 2.05) is 37.3 Å². The lowest BCUT2D eigenvalue weighted by Crippen LogP contribution is -2.43. The van der Waals surface area contributed by atoms with Crippen LogP contribution in [0.5, 0.6) is 17.2 Å². The van der Waals surface area contributed by atoms with Gasteiger partial charge in [-0.15, -0.1) is 0 Å². The SMILES string of the molecule is CCC[C@@H](Oc1ccccc1)[C@H](C)OC(=O)[C@H](C)NC(=O)c1nccc(OC)c1OCOC(C)=O. The Morgan fingerprint density at radius 1 is 1.09 bits per heavy atom. The van der Waals surface area contributed by atoms with Crippen molar-refractivity contribution in [3.05, 3.63) is 48.3 Å². The van der Waals surface area contributed by atoms with Gasteiger partial charge >= 0.3 is 11.9 Å². The lowest BCUT2D eigenvalue weighted by Gasteiger charge is -2.26. The minimum atomic E-state index is -0.988. The van der Waals surface area contributed by atoms with Crippen LogP contribution in [-0.2, 0) is 19.1 Å². The highest BCUT2D eigenvalue weighted by Crippen LogP contribution is 2.29. The normalized spacial score (nSPS) is 13.1. The second kappa shape index (κ2) is 13.8. The Hall–Kier alpha value is -3.82. The lowest BCUT2D eigenvalue weighted by atomic mass is 10.1. The second-order valence-corrected chi connectivity index (χ2v) is 7.68. The van der Waals surface area contributed by atoms with Crippen LogP contribution in [0, 0.1) is 0 Å². The zero-order valence-electron chi connectivity index (χ0n) is 20.6. The third-order valence-electron chi connectivity index (χ3n) is 4.90. The monoisotopic (exact) mass is 488 g/mol. The van der Waals surface area contributed by atoms with Crippen molar-refractivity contribution in [1.29, 1.82) is 0 Å². The largest absolute Gasteiger partial charge is 0.493 e. The van der Waals surface area contributed by atoms with Crippen molar-refractivity contribution in [2.75, 3.05) is 13.9 Å². The number of rotatable bonds is 13. The first-order chi connectivity index (χ1) is 16.8. The fourth-order valence-electron chi connectivity index (χ4n) is 3.10. The number of hydrogen-bond acceptors (Lipinski definition) is 9. The van der Waals surface area contributed by atoms with Gasteiger partial charge in [0.05, 0.1) is 7.11 Å². The van der Waals surface area contributed by atoms with Crippen LogP contribution in [0.25, 0.3) is 0 Å². The molecule has 2 rings (SSSR count). The standard InChI is InChI=1S/C25H32N2O8/c1-6-10-20(35-19-11-8-7-9-12-19)17(3)34-25(30)16(2)27-24(29)22-23(33-15-32-18(4)28)21(31-5)13-14-26-22/h7-9,11-14,16-17,20H,6,10,15H2,1-5H3,(H,27,29)/t16-,17-,20+/m0/s1. The molecule has 0 radical (unpaired) electrons. The molecule has 190 valence electrons. The van der Waals surface area contributed by atoms with Gasteiger partial charge in [-0.3, -0.25) is 9.59 Å². The predicted octanol–water partition coefficient (Wildman–Crippen LogP) is 3.29. The van der Waals surface area contributed by atoms with Gasteiger partial charge in [-0.25, -0.2) is 9.78 Å². The van der Waals surface area contributed by atoms with Crippen LogP contribution < -0.4 is 19.5 Å². The molecule has 1 heterocycles. The number of amides is 1. The van der Waals surface area contributed by atoms with E-state index in [9.17, 15) is 14.4 Å². The maximum absolute atomic E-state index is 12.9. The minimum Gasteiger partial charge on any atom is -0.493 e. The van der Waals surface area contributed by atoms with Gasteiger partial charge in [0.25, 0.3) is 5.91 Å². The number of pyridine rings is 1. The molecular weight excluding hydrogens is 456 g/mol. The van der Waals surface area contributed by atoms with Crippen molar-refractivity contribution in [2.45, 2.75) is 58.8 Å². The van der Waals surface area contributed by atoms with E-state index in [1.165, 1.54) is 33.2 Å². The number of benzene rings is 1. The van der Waals surface area contributed by atoms with Crippen LogP contribution in [0.1, 0.15) is 51.0 Å². The van der Waals surface area contributed by atoms with Crippen LogP contribution in [0.15, 0.2) is 42.6 Å². The van der Waals surface area contributed by atoms with Crippen LogP contribution in [0.3, 0.4) is 0 Å². The molecule has 0 aliphatic carbocycles. The third-order valence-corrected chi connectivity index (χ3v) is 4.90. The smallest absolute Gasteiger partial charge is 0.328 e. The number of nitrogens with zero attached hydrogens (tertiary/aromatic N) is 1. The highest BCUT2D eigenvalue weighted by molar-refractivity contribution is 5.98. The van der Waals surface area contributed by atoms with E-state index in [1.54, 1.807) is 6.92 Å². The first-order valence-electron chi connectivity index (χ1n) is 11.3. The molecule has 0 spiro atoms. The average Bonchev–Trinajstić information content (AvgIpc) is 2.84. The molecule has 1 N–H and O–H groups in total. The van der Waals surface area contributed by atoms with Crippen molar-refractivity contribution in [2.24, 2.45) is 0 Å². The van der Waals surface area contributed by atoms with Gasteiger partial charge in [0, 0.05) is 19.2 Å². The van der Waals surface area contributed by atoms with Crippen molar-refractivity contribution >= 4 is 17.8 Å². The van der Waals surface area contributed by atoms with E-state index in [-0.39, 0.29) is 23.3 Å². The number of hydrogen-bond donors (Lipinski definition) is 1. The van der Waals surface area contributed by atoms with Crippen molar-refractivity contribution in [3.8, 4) is 17.2 Å². The number of nitrogens with one attached hydrogen (secondary N) is 1. The van der Waals surface area contributed by atoms with Crippen molar-refractivity contribution in [1.82, 2.24) is 10.3 Å². The number of para-hydroxylation sites is 1. The van der Waals surface area contributed by atoms with Crippen LogP contribution in [0.2, 0.25) is 0 Å². The summed E-state index contributed by atoms with van der Waals surface area (Å²) in [7, 11) is 1.39. The molecule has 0 aliphatic rings. The molecule has 1 aromatic heterocycles. The van der Waals surface area contributed by atoms with E-state index in [2.05, 4.69) is 10.3 Å². The first kappa shape index (κ1) is 27.4. The van der Waals surface area contributed by atoms with E-state index >= 15 is 0 Å². The lowest BCUT2D eigenvalue weighted by molar-refractivity contribution is -0.154. The van der Waals surface area contributed by atoms with Gasteiger partial charge in [-0.2, -0.15) is 0 Å². The van der Waals surface area contributed by atoms with Gasteiger partial charge in [-0.1, -0.05) is 31.5 Å². The number of methoxy groups -OCH3 is 1. The quantitative estimate of drug-likeness (QED) is 0.334. The molecule has 2 aromatic rings. The van der Waals surface area contributed by atoms with Crippen LogP contribution in [0.4, 0.5) is 0 Å². The highest BCUT2D eigenvalue weighted by Gasteiger charge is 2.28. The number of carbonyl (C=O) groups is 3. The summed E-state index contributed by atoms with van der Waals surface area (Å²) in [4.78, 5) is 40.6. The summed E-state index contributed by atoms with van der Waals surface area (Å²) in [5.74, 6) is -1.01. The molecule has 35 heavy (non-hydrogen) atoms. The Bertz CT molecular complexity index is 983. The Morgan fingerprint density at radius 3 is 2.43 bits per heavy atom. The Kier molecular flexibility index (Phi) is 10.8. The molecule has 3 atom stereocenters. The van der Waals surface area contributed by atoms with E-state index in [4.69, 9.17) is 23.7 Å². The molecular formula is C25H32N2O8. The second-order valence-electron chi connectivity index (χ2n) is 7.68. The topological polar surface area (TPSA) is 122 Å². The molecule has 0 saturated heterocycles. The molecule has 1 aromatic carbocycles. The maximum atomic E-state index is 12.9. The van der Waals surface area contributed by atoms with Crippen molar-refractivity contribution in [3.63, 3.8) is 0 Å². The van der Waals surface area contributed by atoms with Gasteiger partial charge in [0.15, 0.2) is 17.2 Å². The van der Waals surface area contributed by atoms with Crippen LogP contribution in [-0.4, -0.2) is 55.0 Å². The molecule has 0 aliphatic heterocycles. The number of ether oxygens (including phenoxy) is 5. The van der Waals surface area contributed by atoms with E-state index in [0.717, 1.165) is 6.42 Å². The van der Waals surface area contributed by atoms with Gasteiger partial charge in [0.2, 0.25) is 6.79 Å². The summed E-state index contributed by atoms with van der Waals surface area (Å²) < 4.78 is 27.0. The Labute approximate surface area is 204 Å². The molecule has 0 saturated carbocycles. The Morgan fingerprint density at radius 2 is 1.80 bits per heavy atom. The summed E-state index contributed by atoms with van der Waals surface area (Å²) in [6, 6.07) is 9.79. The highest BCUT2D eigenvalue weighted by atomic mass is 16.7. The zero-order chi connectivity index (χ0) is 25.8. The van der Waals surface area contributed by atoms with Gasteiger partial charge in [-0.05, 0) is 32.4 Å². The number of esters is 2. The molecule has 0 fully saturated rings. The molecule has 10 nitrogen and oxygen atoms in total. The van der Waals surface area contributed by atoms with Crippen LogP contribution >= 0.6 is 0 Å². The fourth-order valence-corrected chi connectivity index (χ4v) is 3.10. The third kappa shape index (κ3) is 8.47. The maximum Gasteiger partial charge on any atom is 0.328 e. The first-order valence-corrected chi connectivity index (χ1v) is 11.3. The number of aromatic nitrogens is 1. The fraction of sp³-hybridized carbons (Fsp3) is 0.440. The summed E-state index contributed by atoms with van der Waals surface area (Å²) in [6.45, 7) is 6.05. The molecule has 10 heteroatoms. The molecule has 0 unspecified atom stereocenters. The zero-order valence-corrected chi connectivity index (χ0v) is 20.6. The van der Waals surface area contributed by atoms with E-state index < -0.39 is 36.8 Å². The van der Waals surface area contributed by atoms with Gasteiger partial charge in [0.1, 0.15) is 24.0 Å². The Balaban J connectivity index is 2.04. The average molecular weight is 489 g/mol. The van der Waals surface area contributed by atoms with E-state index in [0.29, 0.717) is 12.2 Å². The summed E-state index contributed by atoms with van der Waals surface area (Å²) in [5, 5.41) is 2.55. The summed E-state index contributed by atoms with van der Waals surface area (Å²) in [6.07, 6.45) is 1.97.